The minimum Gasteiger partial charge on any atom is -0.488 e. The van der Waals surface area contributed by atoms with Crippen molar-refractivity contribution in [3.8, 4) is 16.2 Å². The number of carboxylic acids is 1. The Hall–Kier alpha value is -1.99. The number of thiophene rings is 1. The van der Waals surface area contributed by atoms with E-state index in [2.05, 4.69) is 0 Å². The van der Waals surface area contributed by atoms with E-state index in [1.807, 2.05) is 11.4 Å². The molecule has 1 aromatic carbocycles. The third-order valence-corrected chi connectivity index (χ3v) is 5.33. The van der Waals surface area contributed by atoms with E-state index >= 15 is 0 Å². The Balaban J connectivity index is 1.80. The molecule has 1 aromatic heterocycles. The summed E-state index contributed by atoms with van der Waals surface area (Å²) in [6, 6.07) is 4.45. The van der Waals surface area contributed by atoms with Crippen molar-refractivity contribution in [3.05, 3.63) is 40.8 Å². The summed E-state index contributed by atoms with van der Waals surface area (Å²) < 4.78 is 39.4. The fourth-order valence-electron chi connectivity index (χ4n) is 2.98. The number of carboxylic acid groups (broad SMARTS) is 1. The van der Waals surface area contributed by atoms with Crippen LogP contribution in [0.15, 0.2) is 23.6 Å². The van der Waals surface area contributed by atoms with Crippen LogP contribution in [0.4, 0.5) is 8.78 Å². The minimum atomic E-state index is -0.974. The molecule has 1 atom stereocenters. The number of hydrogen-bond acceptors (Lipinski definition) is 4. The molecule has 3 rings (SSSR count). The van der Waals surface area contributed by atoms with E-state index in [0.29, 0.717) is 11.5 Å². The van der Waals surface area contributed by atoms with Crippen LogP contribution in [0.25, 0.3) is 10.4 Å². The maximum Gasteiger partial charge on any atom is 0.303 e. The van der Waals surface area contributed by atoms with Crippen molar-refractivity contribution in [3.63, 3.8) is 0 Å². The lowest BCUT2D eigenvalue weighted by Gasteiger charge is -2.16. The van der Waals surface area contributed by atoms with Gasteiger partial charge in [0.15, 0.2) is 17.4 Å². The number of halogens is 2. The van der Waals surface area contributed by atoms with Gasteiger partial charge in [0.1, 0.15) is 0 Å². The summed E-state index contributed by atoms with van der Waals surface area (Å²) >= 11 is 1.42. The molecule has 26 heavy (non-hydrogen) atoms. The van der Waals surface area contributed by atoms with Gasteiger partial charge in [-0.2, -0.15) is 0 Å². The summed E-state index contributed by atoms with van der Waals surface area (Å²) in [5.41, 5.74) is 1.40. The number of methoxy groups -OCH3 is 1. The maximum atomic E-state index is 14.4. The van der Waals surface area contributed by atoms with E-state index in [1.54, 1.807) is 7.11 Å². The van der Waals surface area contributed by atoms with Crippen LogP contribution in [-0.2, 0) is 9.53 Å². The molecule has 1 saturated carbocycles. The van der Waals surface area contributed by atoms with Gasteiger partial charge in [-0.3, -0.25) is 4.79 Å². The monoisotopic (exact) mass is 382 g/mol. The van der Waals surface area contributed by atoms with Gasteiger partial charge in [0.05, 0.1) is 12.7 Å². The summed E-state index contributed by atoms with van der Waals surface area (Å²) in [6.07, 6.45) is 2.20. The van der Waals surface area contributed by atoms with E-state index in [1.165, 1.54) is 23.5 Å². The molecule has 1 aliphatic rings. The van der Waals surface area contributed by atoms with Crippen LogP contribution in [0, 0.1) is 17.6 Å². The summed E-state index contributed by atoms with van der Waals surface area (Å²) in [4.78, 5) is 11.3. The smallest absolute Gasteiger partial charge is 0.303 e. The molecule has 1 N–H and O–H groups in total. The molecule has 0 spiro atoms. The van der Waals surface area contributed by atoms with Gasteiger partial charge in [0.2, 0.25) is 0 Å². The van der Waals surface area contributed by atoms with Crippen LogP contribution < -0.4 is 4.74 Å². The van der Waals surface area contributed by atoms with Crippen LogP contribution in [0.5, 0.6) is 5.75 Å². The summed E-state index contributed by atoms with van der Waals surface area (Å²) in [6.45, 7) is -0.0584. The van der Waals surface area contributed by atoms with Gasteiger partial charge >= 0.3 is 5.97 Å². The first-order valence-electron chi connectivity index (χ1n) is 8.45. The molecule has 0 amide bonds. The fraction of sp³-hybridized carbons (Fsp3) is 0.421. The van der Waals surface area contributed by atoms with Crippen molar-refractivity contribution in [1.82, 2.24) is 0 Å². The fourth-order valence-corrected chi connectivity index (χ4v) is 3.90. The van der Waals surface area contributed by atoms with Gasteiger partial charge in [-0.25, -0.2) is 8.78 Å². The van der Waals surface area contributed by atoms with E-state index in [4.69, 9.17) is 14.6 Å². The standard InChI is InChI=1S/C19H20F2O4S/c1-24-17(11-4-5-11)13-6-8-26-19(13)12-9-14(20)18(15(21)10-12)25-7-2-3-16(22)23/h6,8-11,17H,2-5,7H2,1H3,(H,22,23). The second-order valence-electron chi connectivity index (χ2n) is 6.31. The van der Waals surface area contributed by atoms with Crippen LogP contribution in [0.1, 0.15) is 37.4 Å². The minimum absolute atomic E-state index is 0.0584. The molecule has 0 aliphatic heterocycles. The molecule has 0 radical (unpaired) electrons. The van der Waals surface area contributed by atoms with Gasteiger partial charge in [-0.1, -0.05) is 0 Å². The highest BCUT2D eigenvalue weighted by atomic mass is 32.1. The lowest BCUT2D eigenvalue weighted by molar-refractivity contribution is -0.137. The first-order chi connectivity index (χ1) is 12.5. The molecule has 7 heteroatoms. The normalized spacial score (nSPS) is 15.0. The Kier molecular flexibility index (Phi) is 5.88. The summed E-state index contributed by atoms with van der Waals surface area (Å²) in [5.74, 6) is -2.58. The first-order valence-corrected chi connectivity index (χ1v) is 9.33. The van der Waals surface area contributed by atoms with Crippen molar-refractivity contribution in [2.75, 3.05) is 13.7 Å². The maximum absolute atomic E-state index is 14.4. The van der Waals surface area contributed by atoms with Crippen LogP contribution in [0.2, 0.25) is 0 Å². The number of aliphatic carboxylic acids is 1. The zero-order valence-electron chi connectivity index (χ0n) is 14.3. The third kappa shape index (κ3) is 4.22. The van der Waals surface area contributed by atoms with Crippen molar-refractivity contribution in [1.29, 1.82) is 0 Å². The van der Waals surface area contributed by atoms with E-state index < -0.39 is 23.4 Å². The van der Waals surface area contributed by atoms with E-state index in [-0.39, 0.29) is 25.6 Å². The highest BCUT2D eigenvalue weighted by Gasteiger charge is 2.34. The van der Waals surface area contributed by atoms with Gasteiger partial charge in [0, 0.05) is 18.4 Å². The number of hydrogen-bond donors (Lipinski definition) is 1. The van der Waals surface area contributed by atoms with Crippen molar-refractivity contribution >= 4 is 17.3 Å². The Morgan fingerprint density at radius 3 is 2.62 bits per heavy atom. The average molecular weight is 382 g/mol. The number of rotatable bonds is 9. The Bertz CT molecular complexity index is 763. The number of carbonyl (C=O) groups is 1. The second kappa shape index (κ2) is 8.14. The molecule has 140 valence electrons. The summed E-state index contributed by atoms with van der Waals surface area (Å²) in [5, 5.41) is 10.5. The van der Waals surface area contributed by atoms with E-state index in [0.717, 1.165) is 23.3 Å². The molecular weight excluding hydrogens is 362 g/mol. The molecule has 1 heterocycles. The zero-order chi connectivity index (χ0) is 18.7. The number of benzene rings is 1. The van der Waals surface area contributed by atoms with Crippen molar-refractivity contribution < 1.29 is 28.2 Å². The lowest BCUT2D eigenvalue weighted by Crippen LogP contribution is -2.05. The molecule has 2 aromatic rings. The topological polar surface area (TPSA) is 55.8 Å². The Morgan fingerprint density at radius 1 is 1.35 bits per heavy atom. The largest absolute Gasteiger partial charge is 0.488 e. The Labute approximate surface area is 154 Å². The van der Waals surface area contributed by atoms with Crippen LogP contribution in [0.3, 0.4) is 0 Å². The van der Waals surface area contributed by atoms with Gasteiger partial charge in [0.25, 0.3) is 0 Å². The summed E-state index contributed by atoms with van der Waals surface area (Å²) in [7, 11) is 1.65. The van der Waals surface area contributed by atoms with E-state index in [9.17, 15) is 13.6 Å². The molecular formula is C19H20F2O4S. The van der Waals surface area contributed by atoms with Crippen LogP contribution >= 0.6 is 11.3 Å². The second-order valence-corrected chi connectivity index (χ2v) is 7.23. The highest BCUT2D eigenvalue weighted by Crippen LogP contribution is 2.47. The molecule has 1 aliphatic carbocycles. The quantitative estimate of drug-likeness (QED) is 0.618. The van der Waals surface area contributed by atoms with Gasteiger partial charge in [-0.05, 0) is 59.9 Å². The first kappa shape index (κ1) is 18.8. The van der Waals surface area contributed by atoms with Crippen molar-refractivity contribution in [2.45, 2.75) is 31.8 Å². The number of ether oxygens (including phenoxy) is 2. The predicted molar refractivity (Wildman–Crippen MR) is 94.5 cm³/mol. The lowest BCUT2D eigenvalue weighted by atomic mass is 10.0. The van der Waals surface area contributed by atoms with Crippen LogP contribution in [-0.4, -0.2) is 24.8 Å². The highest BCUT2D eigenvalue weighted by molar-refractivity contribution is 7.13. The zero-order valence-corrected chi connectivity index (χ0v) is 15.2. The molecule has 4 nitrogen and oxygen atoms in total. The third-order valence-electron chi connectivity index (χ3n) is 4.35. The van der Waals surface area contributed by atoms with Crippen molar-refractivity contribution in [2.24, 2.45) is 5.92 Å². The average Bonchev–Trinajstić information content (AvgIpc) is 3.30. The van der Waals surface area contributed by atoms with Gasteiger partial charge < -0.3 is 14.6 Å². The predicted octanol–water partition coefficient (Wildman–Crippen LogP) is 5.03. The molecule has 0 bridgehead atoms. The molecule has 1 fully saturated rings. The SMILES string of the molecule is COC(c1ccsc1-c1cc(F)c(OCCCC(=O)O)c(F)c1)C1CC1. The molecule has 0 saturated heterocycles. The molecule has 1 unspecified atom stereocenters. The van der Waals surface area contributed by atoms with Gasteiger partial charge in [-0.15, -0.1) is 11.3 Å². The Morgan fingerprint density at radius 2 is 2.04 bits per heavy atom.